The van der Waals surface area contributed by atoms with Crippen molar-refractivity contribution in [3.05, 3.63) is 249 Å². The maximum absolute atomic E-state index is 5.46. The van der Waals surface area contributed by atoms with Gasteiger partial charge in [0.2, 0.25) is 5.95 Å². The zero-order valence-corrected chi connectivity index (χ0v) is 36.9. The van der Waals surface area contributed by atoms with Crippen LogP contribution >= 0.6 is 0 Å². The summed E-state index contributed by atoms with van der Waals surface area (Å²) in [5, 5.41) is 4.53. The van der Waals surface area contributed by atoms with Crippen LogP contribution in [0.3, 0.4) is 0 Å². The molecule has 0 saturated heterocycles. The van der Waals surface area contributed by atoms with E-state index in [9.17, 15) is 0 Å². The Bertz CT molecular complexity index is 3810. The van der Waals surface area contributed by atoms with Gasteiger partial charge >= 0.3 is 0 Å². The summed E-state index contributed by atoms with van der Waals surface area (Å²) in [4.78, 5) is 16.2. The first-order valence-corrected chi connectivity index (χ1v) is 23.0. The highest BCUT2D eigenvalue weighted by Crippen LogP contribution is 2.45. The normalized spacial score (nSPS) is 11.5. The molecular formula is C63H41N5. The van der Waals surface area contributed by atoms with Gasteiger partial charge in [0, 0.05) is 43.8 Å². The third-order valence-corrected chi connectivity index (χ3v) is 13.2. The molecule has 0 spiro atoms. The summed E-state index contributed by atoms with van der Waals surface area (Å²) in [6, 6.07) is 88.2. The van der Waals surface area contributed by atoms with Gasteiger partial charge < -0.3 is 4.57 Å². The quantitative estimate of drug-likeness (QED) is 0.153. The average molecular weight is 868 g/mol. The predicted molar refractivity (Wildman–Crippen MR) is 281 cm³/mol. The van der Waals surface area contributed by atoms with E-state index in [4.69, 9.17) is 15.0 Å². The standard InChI is InChI=1S/C63H41N5/c1-5-18-42(19-6-1)44-32-36-48(37-33-44)61-64-62(49-38-34-45(35-39-49)43-20-7-2-8-21-43)66-63(65-61)68-57-31-16-14-27-53(57)55-41-40-54-52-26-13-15-30-56(52)67(59(54)60(55)68)58-50(46-22-9-3-10-23-46)28-17-29-51(58)47-24-11-4-12-25-47/h1-41H. The van der Waals surface area contributed by atoms with E-state index in [0.717, 1.165) is 105 Å². The lowest BCUT2D eigenvalue weighted by atomic mass is 9.95. The molecule has 0 aliphatic rings. The topological polar surface area (TPSA) is 48.5 Å². The number of nitrogens with zero attached hydrogens (tertiary/aromatic N) is 5. The maximum atomic E-state index is 5.46. The van der Waals surface area contributed by atoms with Crippen LogP contribution in [0.15, 0.2) is 249 Å². The third-order valence-electron chi connectivity index (χ3n) is 13.2. The molecule has 3 aromatic heterocycles. The minimum absolute atomic E-state index is 0.541. The monoisotopic (exact) mass is 867 g/mol. The Kier molecular flexibility index (Phi) is 9.43. The van der Waals surface area contributed by atoms with E-state index in [0.29, 0.717) is 17.6 Å². The second-order valence-corrected chi connectivity index (χ2v) is 17.2. The van der Waals surface area contributed by atoms with Gasteiger partial charge in [0.25, 0.3) is 0 Å². The van der Waals surface area contributed by atoms with Gasteiger partial charge in [-0.25, -0.2) is 4.98 Å². The van der Waals surface area contributed by atoms with Crippen molar-refractivity contribution in [3.8, 4) is 78.9 Å². The molecule has 0 amide bonds. The lowest BCUT2D eigenvalue weighted by Gasteiger charge is -2.20. The highest BCUT2D eigenvalue weighted by Gasteiger charge is 2.26. The highest BCUT2D eigenvalue weighted by molar-refractivity contribution is 6.24. The lowest BCUT2D eigenvalue weighted by molar-refractivity contribution is 0.953. The summed E-state index contributed by atoms with van der Waals surface area (Å²) in [6.45, 7) is 0. The van der Waals surface area contributed by atoms with Gasteiger partial charge in [0.1, 0.15) is 0 Å². The second-order valence-electron chi connectivity index (χ2n) is 17.2. The largest absolute Gasteiger partial charge is 0.306 e. The van der Waals surface area contributed by atoms with Gasteiger partial charge in [0.15, 0.2) is 11.6 Å². The Morgan fingerprint density at radius 2 is 0.588 bits per heavy atom. The van der Waals surface area contributed by atoms with Gasteiger partial charge in [0.05, 0.1) is 27.8 Å². The maximum Gasteiger partial charge on any atom is 0.238 e. The molecule has 13 rings (SSSR count). The molecule has 0 fully saturated rings. The average Bonchev–Trinajstić information content (AvgIpc) is 3.95. The molecule has 5 heteroatoms. The molecule has 13 aromatic rings. The summed E-state index contributed by atoms with van der Waals surface area (Å²) in [6.07, 6.45) is 0. The Hall–Kier alpha value is -9.19. The van der Waals surface area contributed by atoms with Crippen molar-refractivity contribution in [2.75, 3.05) is 0 Å². The van der Waals surface area contributed by atoms with Crippen LogP contribution in [0.1, 0.15) is 0 Å². The summed E-state index contributed by atoms with van der Waals surface area (Å²) < 4.78 is 4.78. The second kappa shape index (κ2) is 16.4. The molecule has 0 unspecified atom stereocenters. The molecule has 3 heterocycles. The van der Waals surface area contributed by atoms with Crippen molar-refractivity contribution in [2.45, 2.75) is 0 Å². The SMILES string of the molecule is c1ccc(-c2ccc(-c3nc(-c4ccc(-c5ccccc5)cc4)nc(-n4c5ccccc5c5ccc6c7ccccc7n(-c7c(-c8ccccc8)cccc7-c7ccccc7)c6c54)n3)cc2)cc1. The van der Waals surface area contributed by atoms with Crippen molar-refractivity contribution in [2.24, 2.45) is 0 Å². The molecule has 68 heavy (non-hydrogen) atoms. The van der Waals surface area contributed by atoms with Crippen LogP contribution in [0.5, 0.6) is 0 Å². The van der Waals surface area contributed by atoms with Gasteiger partial charge in [-0.05, 0) is 45.5 Å². The van der Waals surface area contributed by atoms with E-state index in [2.05, 4.69) is 246 Å². The number of hydrogen-bond acceptors (Lipinski definition) is 3. The van der Waals surface area contributed by atoms with E-state index < -0.39 is 0 Å². The summed E-state index contributed by atoms with van der Waals surface area (Å²) in [7, 11) is 0. The Labute approximate surface area is 393 Å². The summed E-state index contributed by atoms with van der Waals surface area (Å²) >= 11 is 0. The molecule has 0 aliphatic carbocycles. The van der Waals surface area contributed by atoms with Crippen LogP contribution in [0.25, 0.3) is 123 Å². The smallest absolute Gasteiger partial charge is 0.238 e. The first-order valence-electron chi connectivity index (χ1n) is 23.0. The van der Waals surface area contributed by atoms with Crippen LogP contribution in [0.2, 0.25) is 0 Å². The van der Waals surface area contributed by atoms with E-state index in [1.807, 2.05) is 12.1 Å². The van der Waals surface area contributed by atoms with Crippen molar-refractivity contribution >= 4 is 43.6 Å². The van der Waals surface area contributed by atoms with E-state index in [1.165, 1.54) is 0 Å². The molecule has 0 bridgehead atoms. The molecule has 0 atom stereocenters. The number of benzene rings is 10. The minimum atomic E-state index is 0.541. The van der Waals surface area contributed by atoms with Crippen molar-refractivity contribution in [1.29, 1.82) is 0 Å². The van der Waals surface area contributed by atoms with Crippen LogP contribution in [0.4, 0.5) is 0 Å². The summed E-state index contributed by atoms with van der Waals surface area (Å²) in [5.41, 5.74) is 16.2. The molecular weight excluding hydrogens is 827 g/mol. The number of para-hydroxylation sites is 3. The van der Waals surface area contributed by atoms with E-state index >= 15 is 0 Å². The number of fused-ring (bicyclic) bond motifs is 7. The fourth-order valence-corrected chi connectivity index (χ4v) is 10.0. The molecule has 5 nitrogen and oxygen atoms in total. The van der Waals surface area contributed by atoms with Gasteiger partial charge in [-0.2, -0.15) is 9.97 Å². The van der Waals surface area contributed by atoms with Gasteiger partial charge in [-0.1, -0.05) is 237 Å². The van der Waals surface area contributed by atoms with Crippen molar-refractivity contribution < 1.29 is 0 Å². The number of aromatic nitrogens is 5. The Morgan fingerprint density at radius 1 is 0.235 bits per heavy atom. The predicted octanol–water partition coefficient (Wildman–Crippen LogP) is 16.1. The Balaban J connectivity index is 1.13. The molecule has 318 valence electrons. The van der Waals surface area contributed by atoms with E-state index in [1.54, 1.807) is 0 Å². The lowest BCUT2D eigenvalue weighted by Crippen LogP contribution is -2.07. The first-order chi connectivity index (χ1) is 33.7. The van der Waals surface area contributed by atoms with E-state index in [-0.39, 0.29) is 0 Å². The molecule has 0 aliphatic heterocycles. The first kappa shape index (κ1) is 39.2. The van der Waals surface area contributed by atoms with Crippen LogP contribution in [-0.2, 0) is 0 Å². The zero-order chi connectivity index (χ0) is 45.0. The van der Waals surface area contributed by atoms with Gasteiger partial charge in [-0.15, -0.1) is 0 Å². The molecule has 0 radical (unpaired) electrons. The number of hydrogen-bond donors (Lipinski definition) is 0. The minimum Gasteiger partial charge on any atom is -0.306 e. The fraction of sp³-hybridized carbons (Fsp3) is 0. The molecule has 0 saturated carbocycles. The third kappa shape index (κ3) is 6.59. The van der Waals surface area contributed by atoms with Crippen LogP contribution in [0, 0.1) is 0 Å². The highest BCUT2D eigenvalue weighted by atomic mass is 15.2. The summed E-state index contributed by atoms with van der Waals surface area (Å²) in [5.74, 6) is 1.73. The Morgan fingerprint density at radius 3 is 1.04 bits per heavy atom. The molecule has 10 aromatic carbocycles. The van der Waals surface area contributed by atoms with Crippen LogP contribution in [-0.4, -0.2) is 24.1 Å². The van der Waals surface area contributed by atoms with Crippen molar-refractivity contribution in [3.63, 3.8) is 0 Å². The zero-order valence-electron chi connectivity index (χ0n) is 36.9. The number of rotatable bonds is 8. The van der Waals surface area contributed by atoms with Gasteiger partial charge in [-0.3, -0.25) is 4.57 Å². The fourth-order valence-electron chi connectivity index (χ4n) is 10.0. The van der Waals surface area contributed by atoms with Crippen molar-refractivity contribution in [1.82, 2.24) is 24.1 Å². The molecule has 0 N–H and O–H groups in total. The van der Waals surface area contributed by atoms with Crippen LogP contribution < -0.4 is 0 Å².